The topological polar surface area (TPSA) is 18.5 Å². The van der Waals surface area contributed by atoms with Gasteiger partial charge in [0, 0.05) is 12.1 Å². The summed E-state index contributed by atoms with van der Waals surface area (Å²) < 4.78 is 0. The average molecular weight is 265 g/mol. The molecule has 110 valence electrons. The molecule has 3 aliphatic rings. The van der Waals surface area contributed by atoms with Crippen LogP contribution in [0.5, 0.6) is 0 Å². The lowest BCUT2D eigenvalue weighted by molar-refractivity contribution is 0.131. The summed E-state index contributed by atoms with van der Waals surface area (Å²) in [5, 5.41) is 3.79. The molecular weight excluding hydrogens is 234 g/mol. The summed E-state index contributed by atoms with van der Waals surface area (Å²) >= 11 is 0. The van der Waals surface area contributed by atoms with Crippen molar-refractivity contribution >= 4 is 0 Å². The van der Waals surface area contributed by atoms with Gasteiger partial charge in [-0.1, -0.05) is 0 Å². The predicted octanol–water partition coefficient (Wildman–Crippen LogP) is 1.93. The maximum atomic E-state index is 3.79. The fourth-order valence-corrected chi connectivity index (χ4v) is 3.71. The van der Waals surface area contributed by atoms with Gasteiger partial charge in [-0.2, -0.15) is 0 Å². The SMILES string of the molecule is CN1CCCC(N2CCC(NCC3CC3)CC2)CC1. The highest BCUT2D eigenvalue weighted by atomic mass is 15.2. The Morgan fingerprint density at radius 3 is 2.42 bits per heavy atom. The highest BCUT2D eigenvalue weighted by Crippen LogP contribution is 2.28. The number of rotatable bonds is 4. The lowest BCUT2D eigenvalue weighted by atomic mass is 10.00. The summed E-state index contributed by atoms with van der Waals surface area (Å²) in [5.41, 5.74) is 0. The lowest BCUT2D eigenvalue weighted by Crippen LogP contribution is -2.47. The van der Waals surface area contributed by atoms with Crippen molar-refractivity contribution < 1.29 is 0 Å². The fraction of sp³-hybridized carbons (Fsp3) is 1.00. The average Bonchev–Trinajstić information content (AvgIpc) is 3.25. The Balaban J connectivity index is 1.38. The van der Waals surface area contributed by atoms with E-state index in [-0.39, 0.29) is 0 Å². The number of nitrogens with one attached hydrogen (secondary N) is 1. The molecule has 1 N–H and O–H groups in total. The zero-order valence-electron chi connectivity index (χ0n) is 12.6. The normalized spacial score (nSPS) is 32.4. The number of hydrogen-bond donors (Lipinski definition) is 1. The van der Waals surface area contributed by atoms with Crippen LogP contribution in [0.1, 0.15) is 44.9 Å². The molecule has 19 heavy (non-hydrogen) atoms. The highest BCUT2D eigenvalue weighted by Gasteiger charge is 2.27. The van der Waals surface area contributed by atoms with Gasteiger partial charge >= 0.3 is 0 Å². The number of nitrogens with zero attached hydrogens (tertiary/aromatic N) is 2. The van der Waals surface area contributed by atoms with Gasteiger partial charge in [0.05, 0.1) is 0 Å². The molecule has 3 heteroatoms. The van der Waals surface area contributed by atoms with Crippen molar-refractivity contribution in [3.05, 3.63) is 0 Å². The first-order chi connectivity index (χ1) is 9.31. The minimum atomic E-state index is 0.810. The van der Waals surface area contributed by atoms with Crippen LogP contribution in [0.4, 0.5) is 0 Å². The van der Waals surface area contributed by atoms with E-state index in [1.165, 1.54) is 77.7 Å². The standard InChI is InChI=1S/C16H31N3/c1-18-9-2-3-16(8-10-18)19-11-6-15(7-12-19)17-13-14-4-5-14/h14-17H,2-13H2,1H3. The molecule has 0 aromatic heterocycles. The summed E-state index contributed by atoms with van der Waals surface area (Å²) in [7, 11) is 2.27. The van der Waals surface area contributed by atoms with Gasteiger partial charge in [0.25, 0.3) is 0 Å². The van der Waals surface area contributed by atoms with Crippen LogP contribution in [0, 0.1) is 5.92 Å². The Morgan fingerprint density at radius 1 is 0.895 bits per heavy atom. The van der Waals surface area contributed by atoms with Crippen LogP contribution in [0.15, 0.2) is 0 Å². The van der Waals surface area contributed by atoms with Gasteiger partial charge < -0.3 is 15.1 Å². The van der Waals surface area contributed by atoms with E-state index < -0.39 is 0 Å². The largest absolute Gasteiger partial charge is 0.314 e. The Kier molecular flexibility index (Phi) is 4.78. The summed E-state index contributed by atoms with van der Waals surface area (Å²) in [6.45, 7) is 6.55. The van der Waals surface area contributed by atoms with E-state index in [1.54, 1.807) is 0 Å². The Bertz CT molecular complexity index is 269. The molecule has 1 saturated carbocycles. The third-order valence-electron chi connectivity index (χ3n) is 5.36. The summed E-state index contributed by atoms with van der Waals surface area (Å²) in [5.74, 6) is 1.02. The molecule has 1 unspecified atom stereocenters. The fourth-order valence-electron chi connectivity index (χ4n) is 3.71. The Labute approximate surface area is 118 Å². The first-order valence-corrected chi connectivity index (χ1v) is 8.47. The molecule has 3 rings (SSSR count). The van der Waals surface area contributed by atoms with E-state index in [0.717, 1.165) is 18.0 Å². The zero-order valence-corrected chi connectivity index (χ0v) is 12.6. The number of piperidine rings is 1. The molecule has 1 aliphatic carbocycles. The molecular formula is C16H31N3. The molecule has 3 nitrogen and oxygen atoms in total. The van der Waals surface area contributed by atoms with Crippen molar-refractivity contribution in [1.29, 1.82) is 0 Å². The monoisotopic (exact) mass is 265 g/mol. The molecule has 2 saturated heterocycles. The van der Waals surface area contributed by atoms with E-state index in [4.69, 9.17) is 0 Å². The van der Waals surface area contributed by atoms with Crippen LogP contribution in [0.2, 0.25) is 0 Å². The highest BCUT2D eigenvalue weighted by molar-refractivity contribution is 4.85. The van der Waals surface area contributed by atoms with E-state index in [1.807, 2.05) is 0 Å². The molecule has 2 heterocycles. The molecule has 0 spiro atoms. The first-order valence-electron chi connectivity index (χ1n) is 8.47. The second-order valence-electron chi connectivity index (χ2n) is 7.05. The van der Waals surface area contributed by atoms with Crippen molar-refractivity contribution in [2.45, 2.75) is 57.0 Å². The van der Waals surface area contributed by atoms with E-state index >= 15 is 0 Å². The molecule has 0 aromatic rings. The van der Waals surface area contributed by atoms with E-state index in [9.17, 15) is 0 Å². The van der Waals surface area contributed by atoms with E-state index in [2.05, 4.69) is 22.2 Å². The molecule has 0 bridgehead atoms. The van der Waals surface area contributed by atoms with Crippen LogP contribution in [-0.2, 0) is 0 Å². The molecule has 2 aliphatic heterocycles. The van der Waals surface area contributed by atoms with Gasteiger partial charge in [-0.15, -0.1) is 0 Å². The summed E-state index contributed by atoms with van der Waals surface area (Å²) in [6.07, 6.45) is 9.89. The molecule has 0 aromatic carbocycles. The van der Waals surface area contributed by atoms with Gasteiger partial charge in [-0.3, -0.25) is 0 Å². The first kappa shape index (κ1) is 13.8. The molecule has 0 amide bonds. The smallest absolute Gasteiger partial charge is 0.0108 e. The maximum absolute atomic E-state index is 3.79. The Hall–Kier alpha value is -0.120. The van der Waals surface area contributed by atoms with Crippen molar-refractivity contribution in [2.24, 2.45) is 5.92 Å². The molecule has 3 fully saturated rings. The van der Waals surface area contributed by atoms with Gasteiger partial charge in [-0.05, 0) is 90.6 Å². The minimum absolute atomic E-state index is 0.810. The van der Waals surface area contributed by atoms with Gasteiger partial charge in [-0.25, -0.2) is 0 Å². The van der Waals surface area contributed by atoms with E-state index in [0.29, 0.717) is 0 Å². The van der Waals surface area contributed by atoms with Crippen molar-refractivity contribution in [1.82, 2.24) is 15.1 Å². The van der Waals surface area contributed by atoms with Gasteiger partial charge in [0.15, 0.2) is 0 Å². The van der Waals surface area contributed by atoms with Crippen molar-refractivity contribution in [2.75, 3.05) is 39.8 Å². The number of likely N-dealkylation sites (tertiary alicyclic amines) is 2. The van der Waals surface area contributed by atoms with Gasteiger partial charge in [0.1, 0.15) is 0 Å². The third kappa shape index (κ3) is 4.17. The lowest BCUT2D eigenvalue weighted by Gasteiger charge is -2.37. The zero-order chi connectivity index (χ0) is 13.1. The van der Waals surface area contributed by atoms with Gasteiger partial charge in [0.2, 0.25) is 0 Å². The Morgan fingerprint density at radius 2 is 1.68 bits per heavy atom. The van der Waals surface area contributed by atoms with Crippen molar-refractivity contribution in [3.63, 3.8) is 0 Å². The summed E-state index contributed by atoms with van der Waals surface area (Å²) in [4.78, 5) is 5.29. The third-order valence-corrected chi connectivity index (χ3v) is 5.36. The minimum Gasteiger partial charge on any atom is -0.314 e. The predicted molar refractivity (Wildman–Crippen MR) is 80.5 cm³/mol. The van der Waals surface area contributed by atoms with Crippen LogP contribution in [0.25, 0.3) is 0 Å². The van der Waals surface area contributed by atoms with Crippen molar-refractivity contribution in [3.8, 4) is 0 Å². The maximum Gasteiger partial charge on any atom is 0.0108 e. The van der Waals surface area contributed by atoms with Crippen LogP contribution in [-0.4, -0.2) is 61.7 Å². The van der Waals surface area contributed by atoms with Crippen LogP contribution in [0.3, 0.4) is 0 Å². The summed E-state index contributed by atoms with van der Waals surface area (Å²) in [6, 6.07) is 1.68. The molecule has 1 atom stereocenters. The number of hydrogen-bond acceptors (Lipinski definition) is 3. The van der Waals surface area contributed by atoms with Crippen LogP contribution >= 0.6 is 0 Å². The molecule has 0 radical (unpaired) electrons. The second kappa shape index (κ2) is 6.55. The van der Waals surface area contributed by atoms with Crippen LogP contribution < -0.4 is 5.32 Å². The quantitative estimate of drug-likeness (QED) is 0.838. The second-order valence-corrected chi connectivity index (χ2v) is 7.05.